The van der Waals surface area contributed by atoms with E-state index in [0.717, 1.165) is 16.9 Å². The van der Waals surface area contributed by atoms with Crippen molar-refractivity contribution in [1.82, 2.24) is 5.32 Å². The summed E-state index contributed by atoms with van der Waals surface area (Å²) in [5.74, 6) is 0.557. The maximum absolute atomic E-state index is 12.4. The Morgan fingerprint density at radius 3 is 2.48 bits per heavy atom. The molecule has 0 saturated carbocycles. The molecule has 2 rings (SSSR count). The third-order valence-corrected chi connectivity index (χ3v) is 4.18. The highest BCUT2D eigenvalue weighted by molar-refractivity contribution is 5.98. The zero-order chi connectivity index (χ0) is 20.0. The van der Waals surface area contributed by atoms with Crippen molar-refractivity contribution >= 4 is 17.5 Å². The van der Waals surface area contributed by atoms with E-state index in [1.807, 2.05) is 39.8 Å². The van der Waals surface area contributed by atoms with Crippen molar-refractivity contribution in [1.29, 1.82) is 0 Å². The molecule has 0 heterocycles. The molecule has 2 aromatic carbocycles. The first-order chi connectivity index (χ1) is 12.7. The van der Waals surface area contributed by atoms with Gasteiger partial charge in [-0.25, -0.2) is 0 Å². The molecule has 2 N–H and O–H groups in total. The van der Waals surface area contributed by atoms with E-state index in [0.29, 0.717) is 24.2 Å². The van der Waals surface area contributed by atoms with E-state index in [4.69, 9.17) is 4.74 Å². The van der Waals surface area contributed by atoms with Crippen molar-refractivity contribution in [2.24, 2.45) is 5.41 Å². The van der Waals surface area contributed by atoms with Crippen LogP contribution in [0.2, 0.25) is 0 Å². The molecule has 27 heavy (non-hydrogen) atoms. The van der Waals surface area contributed by atoms with E-state index in [9.17, 15) is 9.59 Å². The molecular weight excluding hydrogens is 340 g/mol. The number of ether oxygens (including phenoxy) is 1. The number of anilines is 1. The van der Waals surface area contributed by atoms with Crippen molar-refractivity contribution in [3.63, 3.8) is 0 Å². The summed E-state index contributed by atoms with van der Waals surface area (Å²) in [6.45, 7) is 8.06. The van der Waals surface area contributed by atoms with Gasteiger partial charge >= 0.3 is 0 Å². The molecule has 0 fully saturated rings. The SMILES string of the molecule is COc1ccc(C)cc1CCNC(=O)c1cccc(NC(=O)C(C)(C)C)c1. The fourth-order valence-corrected chi connectivity index (χ4v) is 2.57. The van der Waals surface area contributed by atoms with Crippen molar-refractivity contribution in [2.75, 3.05) is 19.0 Å². The van der Waals surface area contributed by atoms with Crippen LogP contribution in [0.5, 0.6) is 5.75 Å². The Kier molecular flexibility index (Phi) is 6.61. The van der Waals surface area contributed by atoms with E-state index >= 15 is 0 Å². The van der Waals surface area contributed by atoms with E-state index < -0.39 is 5.41 Å². The van der Waals surface area contributed by atoms with Gasteiger partial charge in [0.05, 0.1) is 7.11 Å². The van der Waals surface area contributed by atoms with Crippen LogP contribution in [-0.2, 0) is 11.2 Å². The van der Waals surface area contributed by atoms with Gasteiger partial charge < -0.3 is 15.4 Å². The number of aryl methyl sites for hydroxylation is 1. The second-order valence-electron chi connectivity index (χ2n) is 7.61. The molecule has 5 nitrogen and oxygen atoms in total. The number of nitrogens with one attached hydrogen (secondary N) is 2. The zero-order valence-electron chi connectivity index (χ0n) is 16.7. The van der Waals surface area contributed by atoms with Gasteiger partial charge in [0.1, 0.15) is 5.75 Å². The first-order valence-corrected chi connectivity index (χ1v) is 9.04. The minimum absolute atomic E-state index is 0.0911. The summed E-state index contributed by atoms with van der Waals surface area (Å²) in [6.07, 6.45) is 0.678. The zero-order valence-corrected chi connectivity index (χ0v) is 16.7. The van der Waals surface area contributed by atoms with Gasteiger partial charge in [0.25, 0.3) is 5.91 Å². The smallest absolute Gasteiger partial charge is 0.251 e. The lowest BCUT2D eigenvalue weighted by molar-refractivity contribution is -0.123. The highest BCUT2D eigenvalue weighted by Gasteiger charge is 2.21. The van der Waals surface area contributed by atoms with Crippen LogP contribution in [0.3, 0.4) is 0 Å². The number of amides is 2. The molecule has 0 saturated heterocycles. The number of hydrogen-bond acceptors (Lipinski definition) is 3. The van der Waals surface area contributed by atoms with Crippen LogP contribution in [-0.4, -0.2) is 25.5 Å². The van der Waals surface area contributed by atoms with Gasteiger partial charge in [-0.05, 0) is 43.2 Å². The minimum Gasteiger partial charge on any atom is -0.496 e. The fourth-order valence-electron chi connectivity index (χ4n) is 2.57. The number of carbonyl (C=O) groups excluding carboxylic acids is 2. The average Bonchev–Trinajstić information content (AvgIpc) is 2.61. The fraction of sp³-hybridized carbons (Fsp3) is 0.364. The van der Waals surface area contributed by atoms with Crippen molar-refractivity contribution < 1.29 is 14.3 Å². The standard InChI is InChI=1S/C22H28N2O3/c1-15-9-10-19(27-5)16(13-15)11-12-23-20(25)17-7-6-8-18(14-17)24-21(26)22(2,3)4/h6-10,13-14H,11-12H2,1-5H3,(H,23,25)(H,24,26). The number of carbonyl (C=O) groups is 2. The molecule has 2 amide bonds. The molecule has 2 aromatic rings. The Labute approximate surface area is 161 Å². The second-order valence-corrected chi connectivity index (χ2v) is 7.61. The minimum atomic E-state index is -0.495. The molecule has 144 valence electrons. The summed E-state index contributed by atoms with van der Waals surface area (Å²) in [5.41, 5.74) is 2.84. The normalized spacial score (nSPS) is 11.0. The lowest BCUT2D eigenvalue weighted by Crippen LogP contribution is -2.28. The quantitative estimate of drug-likeness (QED) is 0.811. The molecule has 0 atom stereocenters. The third-order valence-electron chi connectivity index (χ3n) is 4.18. The highest BCUT2D eigenvalue weighted by Crippen LogP contribution is 2.20. The second kappa shape index (κ2) is 8.71. The maximum Gasteiger partial charge on any atom is 0.251 e. The van der Waals surface area contributed by atoms with E-state index in [1.165, 1.54) is 0 Å². The molecule has 0 bridgehead atoms. The van der Waals surface area contributed by atoms with Gasteiger partial charge in [-0.15, -0.1) is 0 Å². The van der Waals surface area contributed by atoms with Crippen molar-refractivity contribution in [3.8, 4) is 5.75 Å². The van der Waals surface area contributed by atoms with Crippen molar-refractivity contribution in [2.45, 2.75) is 34.1 Å². The Hall–Kier alpha value is -2.82. The lowest BCUT2D eigenvalue weighted by Gasteiger charge is -2.18. The van der Waals surface area contributed by atoms with Crippen LogP contribution >= 0.6 is 0 Å². The van der Waals surface area contributed by atoms with Crippen LogP contribution in [0.1, 0.15) is 42.3 Å². The Morgan fingerprint density at radius 1 is 1.07 bits per heavy atom. The maximum atomic E-state index is 12.4. The molecule has 5 heteroatoms. The van der Waals surface area contributed by atoms with Crippen LogP contribution in [0.15, 0.2) is 42.5 Å². The van der Waals surface area contributed by atoms with Crippen LogP contribution in [0.25, 0.3) is 0 Å². The summed E-state index contributed by atoms with van der Waals surface area (Å²) in [6, 6.07) is 13.0. The van der Waals surface area contributed by atoms with Crippen molar-refractivity contribution in [3.05, 3.63) is 59.2 Å². The van der Waals surface area contributed by atoms with Gasteiger partial charge in [-0.3, -0.25) is 9.59 Å². The monoisotopic (exact) mass is 368 g/mol. The Morgan fingerprint density at radius 2 is 1.81 bits per heavy atom. The summed E-state index contributed by atoms with van der Waals surface area (Å²) >= 11 is 0. The summed E-state index contributed by atoms with van der Waals surface area (Å²) in [4.78, 5) is 24.5. The van der Waals surface area contributed by atoms with E-state index in [2.05, 4.69) is 16.7 Å². The van der Waals surface area contributed by atoms with Gasteiger partial charge in [-0.2, -0.15) is 0 Å². The average molecular weight is 368 g/mol. The van der Waals surface area contributed by atoms with Gasteiger partial charge in [0.15, 0.2) is 0 Å². The molecule has 0 aromatic heterocycles. The number of hydrogen-bond donors (Lipinski definition) is 2. The first-order valence-electron chi connectivity index (χ1n) is 9.04. The summed E-state index contributed by atoms with van der Waals surface area (Å²) in [7, 11) is 1.64. The van der Waals surface area contributed by atoms with Gasteiger partial charge in [0.2, 0.25) is 5.91 Å². The molecule has 0 radical (unpaired) electrons. The van der Waals surface area contributed by atoms with E-state index in [1.54, 1.807) is 31.4 Å². The molecule has 0 spiro atoms. The topological polar surface area (TPSA) is 67.4 Å². The summed E-state index contributed by atoms with van der Waals surface area (Å²) in [5, 5.41) is 5.77. The summed E-state index contributed by atoms with van der Waals surface area (Å²) < 4.78 is 5.37. The van der Waals surface area contributed by atoms with Crippen LogP contribution in [0, 0.1) is 12.3 Å². The number of methoxy groups -OCH3 is 1. The largest absolute Gasteiger partial charge is 0.496 e. The molecular formula is C22H28N2O3. The molecule has 0 aliphatic rings. The molecule has 0 unspecified atom stereocenters. The van der Waals surface area contributed by atoms with Gasteiger partial charge in [0, 0.05) is 23.2 Å². The van der Waals surface area contributed by atoms with Crippen LogP contribution < -0.4 is 15.4 Å². The number of rotatable bonds is 6. The third kappa shape index (κ3) is 5.84. The number of benzene rings is 2. The molecule has 0 aliphatic carbocycles. The van der Waals surface area contributed by atoms with E-state index in [-0.39, 0.29) is 11.8 Å². The van der Waals surface area contributed by atoms with Gasteiger partial charge in [-0.1, -0.05) is 44.5 Å². The Balaban J connectivity index is 1.98. The predicted molar refractivity (Wildman–Crippen MR) is 108 cm³/mol. The van der Waals surface area contributed by atoms with Crippen LogP contribution in [0.4, 0.5) is 5.69 Å². The Bertz CT molecular complexity index is 823. The highest BCUT2D eigenvalue weighted by atomic mass is 16.5. The predicted octanol–water partition coefficient (Wildman–Crippen LogP) is 3.96. The first kappa shape index (κ1) is 20.5. The molecule has 0 aliphatic heterocycles. The lowest BCUT2D eigenvalue weighted by atomic mass is 9.95.